The maximum atomic E-state index is 13.5. The molecule has 0 bridgehead atoms. The molecule has 1 aromatic carbocycles. The Morgan fingerprint density at radius 3 is 2.71 bits per heavy atom. The molecule has 2 amide bonds. The van der Waals surface area contributed by atoms with E-state index in [9.17, 15) is 14.0 Å². The van der Waals surface area contributed by atoms with Gasteiger partial charge < -0.3 is 15.5 Å². The fourth-order valence-corrected chi connectivity index (χ4v) is 4.57. The summed E-state index contributed by atoms with van der Waals surface area (Å²) in [5.74, 6) is -0.528. The van der Waals surface area contributed by atoms with Gasteiger partial charge in [0.25, 0.3) is 11.8 Å². The smallest absolute Gasteiger partial charge is 0.274 e. The third-order valence-corrected chi connectivity index (χ3v) is 6.53. The van der Waals surface area contributed by atoms with Gasteiger partial charge in [0.1, 0.15) is 5.82 Å². The quantitative estimate of drug-likeness (QED) is 0.441. The van der Waals surface area contributed by atoms with Gasteiger partial charge in [-0.25, -0.2) is 14.4 Å². The monoisotopic (exact) mass is 476 g/mol. The number of rotatable bonds is 6. The van der Waals surface area contributed by atoms with Crippen LogP contribution in [0.5, 0.6) is 0 Å². The zero-order chi connectivity index (χ0) is 23.7. The maximum absolute atomic E-state index is 13.5. The van der Waals surface area contributed by atoms with Gasteiger partial charge in [0.15, 0.2) is 5.69 Å². The Morgan fingerprint density at radius 1 is 1.15 bits per heavy atom. The van der Waals surface area contributed by atoms with E-state index in [1.54, 1.807) is 23.2 Å². The average Bonchev–Trinajstić information content (AvgIpc) is 3.29. The predicted molar refractivity (Wildman–Crippen MR) is 127 cm³/mol. The van der Waals surface area contributed by atoms with E-state index in [4.69, 9.17) is 0 Å². The van der Waals surface area contributed by atoms with Crippen LogP contribution >= 0.6 is 11.3 Å². The van der Waals surface area contributed by atoms with E-state index < -0.39 is 5.82 Å². The zero-order valence-corrected chi connectivity index (χ0v) is 19.1. The van der Waals surface area contributed by atoms with Crippen molar-refractivity contribution < 1.29 is 14.0 Å². The van der Waals surface area contributed by atoms with Crippen molar-refractivity contribution in [1.29, 1.82) is 0 Å². The molecule has 0 aliphatic carbocycles. The van der Waals surface area contributed by atoms with E-state index in [2.05, 4.69) is 25.6 Å². The van der Waals surface area contributed by atoms with Gasteiger partial charge in [-0.3, -0.25) is 14.6 Å². The van der Waals surface area contributed by atoms with Crippen LogP contribution in [-0.4, -0.2) is 50.8 Å². The topological polar surface area (TPSA) is 100 Å². The Hall–Kier alpha value is -3.92. The van der Waals surface area contributed by atoms with Gasteiger partial charge in [-0.2, -0.15) is 0 Å². The first-order valence-corrected chi connectivity index (χ1v) is 11.6. The number of anilines is 1. The molecule has 5 rings (SSSR count). The average molecular weight is 477 g/mol. The van der Waals surface area contributed by atoms with Crippen molar-refractivity contribution in [3.63, 3.8) is 0 Å². The maximum Gasteiger partial charge on any atom is 0.274 e. The first kappa shape index (κ1) is 21.9. The van der Waals surface area contributed by atoms with Gasteiger partial charge in [-0.15, -0.1) is 11.3 Å². The van der Waals surface area contributed by atoms with E-state index in [0.29, 0.717) is 40.1 Å². The number of fused-ring (bicyclic) bond motifs is 1. The minimum absolute atomic E-state index is 0.115. The number of pyridine rings is 1. The Bertz CT molecular complexity index is 1360. The fourth-order valence-electron chi connectivity index (χ4n) is 3.76. The lowest BCUT2D eigenvalue weighted by molar-refractivity contribution is 0.0539. The third kappa shape index (κ3) is 4.44. The highest BCUT2D eigenvalue weighted by atomic mass is 32.1. The number of hydrogen-bond donors (Lipinski definition) is 2. The van der Waals surface area contributed by atoms with Gasteiger partial charge in [-0.1, -0.05) is 18.2 Å². The van der Waals surface area contributed by atoms with Crippen LogP contribution in [0.1, 0.15) is 39.4 Å². The number of hydrogen-bond acceptors (Lipinski definition) is 7. The molecular weight excluding hydrogens is 455 g/mol. The lowest BCUT2D eigenvalue weighted by Gasteiger charge is -2.39. The molecule has 10 heteroatoms. The lowest BCUT2D eigenvalue weighted by atomic mass is 10.1. The van der Waals surface area contributed by atoms with Gasteiger partial charge in [-0.05, 0) is 42.1 Å². The van der Waals surface area contributed by atoms with Gasteiger partial charge in [0.05, 0.1) is 28.5 Å². The van der Waals surface area contributed by atoms with Crippen LogP contribution < -0.4 is 10.6 Å². The van der Waals surface area contributed by atoms with Crippen molar-refractivity contribution in [3.8, 4) is 0 Å². The third-order valence-electron chi connectivity index (χ3n) is 5.62. The van der Waals surface area contributed by atoms with E-state index in [-0.39, 0.29) is 29.8 Å². The molecule has 4 heterocycles. The second kappa shape index (κ2) is 9.14. The zero-order valence-electron chi connectivity index (χ0n) is 18.2. The van der Waals surface area contributed by atoms with Crippen molar-refractivity contribution in [1.82, 2.24) is 25.2 Å². The summed E-state index contributed by atoms with van der Waals surface area (Å²) in [5, 5.41) is 7.95. The normalized spacial score (nSPS) is 14.5. The summed E-state index contributed by atoms with van der Waals surface area (Å²) < 4.78 is 14.2. The van der Waals surface area contributed by atoms with Crippen LogP contribution in [0.2, 0.25) is 0 Å². The lowest BCUT2D eigenvalue weighted by Crippen LogP contribution is -2.61. The first-order chi connectivity index (χ1) is 16.5. The molecule has 0 unspecified atom stereocenters. The molecule has 1 saturated heterocycles. The number of carbonyl (C=O) groups excluding carboxylic acids is 2. The summed E-state index contributed by atoms with van der Waals surface area (Å²) in [6.07, 6.45) is 2.71. The van der Waals surface area contributed by atoms with Gasteiger partial charge in [0, 0.05) is 24.8 Å². The summed E-state index contributed by atoms with van der Waals surface area (Å²) in [6, 6.07) is 11.8. The Kier molecular flexibility index (Phi) is 5.89. The molecule has 1 aliphatic heterocycles. The van der Waals surface area contributed by atoms with E-state index >= 15 is 0 Å². The number of nitrogens with zero attached hydrogens (tertiary/aromatic N) is 4. The van der Waals surface area contributed by atoms with Crippen molar-refractivity contribution >= 4 is 39.3 Å². The molecule has 1 fully saturated rings. The second-order valence-corrected chi connectivity index (χ2v) is 9.00. The van der Waals surface area contributed by atoms with Crippen molar-refractivity contribution in [3.05, 3.63) is 82.9 Å². The molecule has 0 saturated carbocycles. The number of amides is 2. The van der Waals surface area contributed by atoms with Crippen LogP contribution in [0.3, 0.4) is 0 Å². The van der Waals surface area contributed by atoms with Crippen molar-refractivity contribution in [2.24, 2.45) is 0 Å². The number of nitrogens with one attached hydrogen (secondary N) is 2. The van der Waals surface area contributed by atoms with Gasteiger partial charge >= 0.3 is 0 Å². The molecule has 0 radical (unpaired) electrons. The first-order valence-electron chi connectivity index (χ1n) is 10.8. The number of aromatic nitrogens is 3. The number of thiophene rings is 1. The largest absolute Gasteiger partial charge is 0.348 e. The van der Waals surface area contributed by atoms with E-state index in [1.165, 1.54) is 17.4 Å². The summed E-state index contributed by atoms with van der Waals surface area (Å²) >= 11 is 1.40. The second-order valence-electron chi connectivity index (χ2n) is 8.08. The molecule has 34 heavy (non-hydrogen) atoms. The number of halogens is 1. The number of carbonyl (C=O) groups is 2. The van der Waals surface area contributed by atoms with Crippen molar-refractivity contribution in [2.75, 3.05) is 18.4 Å². The van der Waals surface area contributed by atoms with Gasteiger partial charge in [0.2, 0.25) is 5.95 Å². The van der Waals surface area contributed by atoms with Crippen LogP contribution in [0.4, 0.5) is 10.3 Å². The highest BCUT2D eigenvalue weighted by Gasteiger charge is 2.34. The van der Waals surface area contributed by atoms with Crippen LogP contribution in [0.25, 0.3) is 10.2 Å². The SMILES string of the molecule is C[C@H](Nc1nc(C(=O)N2CC(NC(=O)c3ccccc3)C2)c2sccc2n1)c1cncc(F)c1. The number of benzene rings is 1. The van der Waals surface area contributed by atoms with Crippen LogP contribution in [0, 0.1) is 5.82 Å². The minimum atomic E-state index is -0.428. The molecule has 3 aromatic heterocycles. The summed E-state index contributed by atoms with van der Waals surface area (Å²) in [5.41, 5.74) is 2.19. The summed E-state index contributed by atoms with van der Waals surface area (Å²) in [6.45, 7) is 2.65. The fraction of sp³-hybridized carbons (Fsp3) is 0.208. The standard InChI is InChI=1S/C24H21FN6O2S/c1-14(16-9-17(25)11-26-10-16)27-24-29-19-7-8-34-21(19)20(30-24)23(33)31-12-18(13-31)28-22(32)15-5-3-2-4-6-15/h2-11,14,18H,12-13H2,1H3,(H,28,32)(H,27,29,30)/t14-/m0/s1. The highest BCUT2D eigenvalue weighted by molar-refractivity contribution is 7.17. The molecular formula is C24H21FN6O2S. The highest BCUT2D eigenvalue weighted by Crippen LogP contribution is 2.27. The Labute approximate surface area is 198 Å². The van der Waals surface area contributed by atoms with Crippen LogP contribution in [-0.2, 0) is 0 Å². The predicted octanol–water partition coefficient (Wildman–Crippen LogP) is 3.65. The Morgan fingerprint density at radius 2 is 1.94 bits per heavy atom. The molecule has 1 atom stereocenters. The molecule has 2 N–H and O–H groups in total. The summed E-state index contributed by atoms with van der Waals surface area (Å²) in [4.78, 5) is 40.1. The summed E-state index contributed by atoms with van der Waals surface area (Å²) in [7, 11) is 0. The number of likely N-dealkylation sites (tertiary alicyclic amines) is 1. The molecule has 0 spiro atoms. The minimum Gasteiger partial charge on any atom is -0.348 e. The van der Waals surface area contributed by atoms with Crippen molar-refractivity contribution in [2.45, 2.75) is 19.0 Å². The van der Waals surface area contributed by atoms with E-state index in [0.717, 1.165) is 6.20 Å². The molecule has 4 aromatic rings. The molecule has 1 aliphatic rings. The van der Waals surface area contributed by atoms with Crippen LogP contribution in [0.15, 0.2) is 60.2 Å². The van der Waals surface area contributed by atoms with E-state index in [1.807, 2.05) is 36.6 Å². The molecule has 8 nitrogen and oxygen atoms in total. The Balaban J connectivity index is 1.29. The molecule has 172 valence electrons.